The van der Waals surface area contributed by atoms with E-state index in [9.17, 15) is 18.8 Å². The summed E-state index contributed by atoms with van der Waals surface area (Å²) in [7, 11) is 1.21. The van der Waals surface area contributed by atoms with Crippen molar-refractivity contribution in [2.45, 2.75) is 50.8 Å². The van der Waals surface area contributed by atoms with Crippen molar-refractivity contribution in [1.82, 2.24) is 25.2 Å². The molecule has 3 aromatic rings. The standard InChI is InChI=1S/C27H30FN5O5/c1-27(2,3)38-26(36)32(23-15-21(23)17-5-9-19(28)10-6-17)16-22(25(35)37-4)30-24(34)18-7-11-20(12-8-18)33-14-13-29-31-33/h5-14,21-23H,15-16H2,1-4H3,(H,30,34)/t21-,22?,23+/m0/s1. The van der Waals surface area contributed by atoms with E-state index in [2.05, 4.69) is 15.6 Å². The molecule has 38 heavy (non-hydrogen) atoms. The van der Waals surface area contributed by atoms with Crippen LogP contribution in [0.2, 0.25) is 0 Å². The fourth-order valence-electron chi connectivity index (χ4n) is 4.13. The predicted octanol–water partition coefficient (Wildman–Crippen LogP) is 3.47. The summed E-state index contributed by atoms with van der Waals surface area (Å²) in [4.78, 5) is 40.3. The largest absolute Gasteiger partial charge is 0.467 e. The zero-order valence-electron chi connectivity index (χ0n) is 21.6. The van der Waals surface area contributed by atoms with Crippen LogP contribution in [0.3, 0.4) is 0 Å². The Morgan fingerprint density at radius 1 is 1.13 bits per heavy atom. The van der Waals surface area contributed by atoms with Gasteiger partial charge < -0.3 is 19.7 Å². The fraction of sp³-hybridized carbons (Fsp3) is 0.370. The number of rotatable bonds is 8. The fourth-order valence-corrected chi connectivity index (χ4v) is 4.13. The molecule has 1 aliphatic rings. The van der Waals surface area contributed by atoms with Crippen LogP contribution >= 0.6 is 0 Å². The smallest absolute Gasteiger partial charge is 0.410 e. The molecule has 0 saturated heterocycles. The van der Waals surface area contributed by atoms with Crippen molar-refractivity contribution in [2.24, 2.45) is 0 Å². The van der Waals surface area contributed by atoms with E-state index in [0.717, 1.165) is 5.56 Å². The van der Waals surface area contributed by atoms with E-state index in [0.29, 0.717) is 17.7 Å². The van der Waals surface area contributed by atoms with Gasteiger partial charge in [0.05, 0.1) is 31.7 Å². The number of nitrogens with one attached hydrogen (secondary N) is 1. The first-order chi connectivity index (χ1) is 18.1. The van der Waals surface area contributed by atoms with Crippen LogP contribution in [0.15, 0.2) is 60.9 Å². The number of ether oxygens (including phenoxy) is 2. The SMILES string of the molecule is COC(=O)C(CN(C(=O)OC(C)(C)C)[C@@H]1C[C@H]1c1ccc(F)cc1)NC(=O)c1ccc(-n2ccnn2)cc1. The lowest BCUT2D eigenvalue weighted by Crippen LogP contribution is -2.52. The van der Waals surface area contributed by atoms with Gasteiger partial charge in [-0.05, 0) is 69.2 Å². The third kappa shape index (κ3) is 6.53. The van der Waals surface area contributed by atoms with Crippen molar-refractivity contribution in [2.75, 3.05) is 13.7 Å². The Labute approximate surface area is 219 Å². The monoisotopic (exact) mass is 523 g/mol. The third-order valence-electron chi connectivity index (χ3n) is 6.07. The average Bonchev–Trinajstić information content (AvgIpc) is 3.46. The molecule has 0 aliphatic heterocycles. The molecular formula is C27H30FN5O5. The van der Waals surface area contributed by atoms with Crippen molar-refractivity contribution in [3.63, 3.8) is 0 Å². The maximum Gasteiger partial charge on any atom is 0.410 e. The summed E-state index contributed by atoms with van der Waals surface area (Å²) in [6.45, 7) is 5.08. The molecule has 0 spiro atoms. The van der Waals surface area contributed by atoms with E-state index in [4.69, 9.17) is 9.47 Å². The second kappa shape index (κ2) is 11.0. The van der Waals surface area contributed by atoms with E-state index >= 15 is 0 Å². The van der Waals surface area contributed by atoms with Gasteiger partial charge in [-0.1, -0.05) is 17.3 Å². The van der Waals surface area contributed by atoms with Crippen molar-refractivity contribution in [3.8, 4) is 5.69 Å². The van der Waals surface area contributed by atoms with Crippen LogP contribution in [0.1, 0.15) is 49.0 Å². The Morgan fingerprint density at radius 2 is 1.82 bits per heavy atom. The van der Waals surface area contributed by atoms with Gasteiger partial charge >= 0.3 is 12.1 Å². The summed E-state index contributed by atoms with van der Waals surface area (Å²) in [6.07, 6.45) is 3.20. The van der Waals surface area contributed by atoms with Crippen LogP contribution < -0.4 is 5.32 Å². The van der Waals surface area contributed by atoms with Gasteiger partial charge in [0, 0.05) is 17.5 Å². The van der Waals surface area contributed by atoms with E-state index < -0.39 is 29.6 Å². The molecule has 1 aliphatic carbocycles. The van der Waals surface area contributed by atoms with Gasteiger partial charge in [-0.3, -0.25) is 4.79 Å². The van der Waals surface area contributed by atoms with Crippen LogP contribution in [0.25, 0.3) is 5.69 Å². The highest BCUT2D eigenvalue weighted by atomic mass is 19.1. The van der Waals surface area contributed by atoms with E-state index in [1.54, 1.807) is 74.2 Å². The number of carbonyl (C=O) groups is 3. The van der Waals surface area contributed by atoms with Crippen LogP contribution in [-0.4, -0.2) is 69.2 Å². The molecule has 4 rings (SSSR count). The minimum atomic E-state index is -1.15. The number of methoxy groups -OCH3 is 1. The van der Waals surface area contributed by atoms with E-state index in [1.165, 1.54) is 24.1 Å². The number of carbonyl (C=O) groups excluding carboxylic acids is 3. The van der Waals surface area contributed by atoms with Crippen molar-refractivity contribution in [1.29, 1.82) is 0 Å². The first-order valence-electron chi connectivity index (χ1n) is 12.2. The molecule has 3 atom stereocenters. The molecule has 0 bridgehead atoms. The number of hydrogen-bond donors (Lipinski definition) is 1. The summed E-state index contributed by atoms with van der Waals surface area (Å²) in [5.41, 5.74) is 1.12. The second-order valence-electron chi connectivity index (χ2n) is 10.0. The van der Waals surface area contributed by atoms with Crippen molar-refractivity contribution < 1.29 is 28.2 Å². The van der Waals surface area contributed by atoms with Gasteiger partial charge in [0.2, 0.25) is 0 Å². The first kappa shape index (κ1) is 26.8. The highest BCUT2D eigenvalue weighted by Gasteiger charge is 2.47. The van der Waals surface area contributed by atoms with E-state index in [1.807, 2.05) is 0 Å². The minimum absolute atomic E-state index is 0.0542. The normalized spacial score (nSPS) is 17.3. The number of esters is 1. The summed E-state index contributed by atoms with van der Waals surface area (Å²) in [5.74, 6) is -1.62. The van der Waals surface area contributed by atoms with Gasteiger partial charge in [-0.15, -0.1) is 5.10 Å². The van der Waals surface area contributed by atoms with Crippen LogP contribution in [0, 0.1) is 5.82 Å². The second-order valence-corrected chi connectivity index (χ2v) is 10.0. The van der Waals surface area contributed by atoms with Gasteiger partial charge in [0.1, 0.15) is 17.5 Å². The molecular weight excluding hydrogens is 493 g/mol. The predicted molar refractivity (Wildman–Crippen MR) is 135 cm³/mol. The molecule has 1 aromatic heterocycles. The van der Waals surface area contributed by atoms with Crippen LogP contribution in [-0.2, 0) is 14.3 Å². The molecule has 1 fully saturated rings. The maximum atomic E-state index is 13.4. The molecule has 1 heterocycles. The van der Waals surface area contributed by atoms with Gasteiger partial charge in [-0.25, -0.2) is 18.7 Å². The molecule has 11 heteroatoms. The Balaban J connectivity index is 1.52. The molecule has 2 aromatic carbocycles. The number of amides is 2. The molecule has 0 radical (unpaired) electrons. The maximum absolute atomic E-state index is 13.4. The highest BCUT2D eigenvalue weighted by molar-refractivity contribution is 5.97. The van der Waals surface area contributed by atoms with Gasteiger partial charge in [0.25, 0.3) is 5.91 Å². The third-order valence-corrected chi connectivity index (χ3v) is 6.07. The summed E-state index contributed by atoms with van der Waals surface area (Å²) < 4.78 is 25.5. The van der Waals surface area contributed by atoms with Crippen LogP contribution in [0.4, 0.5) is 9.18 Å². The lowest BCUT2D eigenvalue weighted by atomic mass is 10.1. The number of nitrogens with zero attached hydrogens (tertiary/aromatic N) is 4. The Kier molecular flexibility index (Phi) is 7.75. The summed E-state index contributed by atoms with van der Waals surface area (Å²) in [6, 6.07) is 11.2. The number of aromatic nitrogens is 3. The Hall–Kier alpha value is -4.28. The van der Waals surface area contributed by atoms with Gasteiger partial charge in [-0.2, -0.15) is 0 Å². The summed E-state index contributed by atoms with van der Waals surface area (Å²) in [5, 5.41) is 10.4. The zero-order valence-corrected chi connectivity index (χ0v) is 21.6. The van der Waals surface area contributed by atoms with Crippen LogP contribution in [0.5, 0.6) is 0 Å². The molecule has 1 saturated carbocycles. The highest BCUT2D eigenvalue weighted by Crippen LogP contribution is 2.45. The molecule has 1 unspecified atom stereocenters. The lowest BCUT2D eigenvalue weighted by molar-refractivity contribution is -0.143. The molecule has 200 valence electrons. The molecule has 2 amide bonds. The lowest BCUT2D eigenvalue weighted by Gasteiger charge is -2.30. The molecule has 10 nitrogen and oxygen atoms in total. The quantitative estimate of drug-likeness (QED) is 0.450. The number of halogens is 1. The summed E-state index contributed by atoms with van der Waals surface area (Å²) >= 11 is 0. The topological polar surface area (TPSA) is 116 Å². The van der Waals surface area contributed by atoms with Crippen molar-refractivity contribution in [3.05, 3.63) is 77.9 Å². The average molecular weight is 524 g/mol. The molecule has 1 N–H and O–H groups in total. The van der Waals surface area contributed by atoms with Crippen molar-refractivity contribution >= 4 is 18.0 Å². The Bertz CT molecular complexity index is 1270. The first-order valence-corrected chi connectivity index (χ1v) is 12.2. The zero-order chi connectivity index (χ0) is 27.4. The Morgan fingerprint density at radius 3 is 2.39 bits per heavy atom. The van der Waals surface area contributed by atoms with Gasteiger partial charge in [0.15, 0.2) is 0 Å². The van der Waals surface area contributed by atoms with E-state index in [-0.39, 0.29) is 24.3 Å². The number of hydrogen-bond acceptors (Lipinski definition) is 7. The number of benzene rings is 2. The minimum Gasteiger partial charge on any atom is -0.467 e.